The molecule has 3 heteroatoms. The van der Waals surface area contributed by atoms with Gasteiger partial charge in [0.1, 0.15) is 11.9 Å². The lowest BCUT2D eigenvalue weighted by Gasteiger charge is -2.11. The summed E-state index contributed by atoms with van der Waals surface area (Å²) < 4.78 is 5.23. The molecule has 3 nitrogen and oxygen atoms in total. The highest BCUT2D eigenvalue weighted by Crippen LogP contribution is 2.30. The number of carbonyl (C=O) groups excluding carboxylic acids is 1. The van der Waals surface area contributed by atoms with Gasteiger partial charge in [-0.2, -0.15) is 0 Å². The Bertz CT molecular complexity index is 520. The SMILES string of the molecule is COc1ccc(C(O)C=O)c2ccccc12. The molecule has 82 valence electrons. The van der Waals surface area contributed by atoms with Gasteiger partial charge in [0.15, 0.2) is 6.29 Å². The molecular formula is C13H12O3. The second-order valence-corrected chi connectivity index (χ2v) is 3.48. The van der Waals surface area contributed by atoms with E-state index in [2.05, 4.69) is 0 Å². The van der Waals surface area contributed by atoms with Gasteiger partial charge in [0.2, 0.25) is 0 Å². The fourth-order valence-electron chi connectivity index (χ4n) is 1.80. The summed E-state index contributed by atoms with van der Waals surface area (Å²) in [6.45, 7) is 0. The molecule has 0 aromatic heterocycles. The number of benzene rings is 2. The van der Waals surface area contributed by atoms with Crippen molar-refractivity contribution in [2.45, 2.75) is 6.10 Å². The van der Waals surface area contributed by atoms with E-state index in [-0.39, 0.29) is 0 Å². The molecule has 2 aromatic rings. The minimum Gasteiger partial charge on any atom is -0.496 e. The van der Waals surface area contributed by atoms with Gasteiger partial charge >= 0.3 is 0 Å². The smallest absolute Gasteiger partial charge is 0.153 e. The van der Waals surface area contributed by atoms with Crippen molar-refractivity contribution < 1.29 is 14.6 Å². The monoisotopic (exact) mass is 216 g/mol. The highest BCUT2D eigenvalue weighted by atomic mass is 16.5. The summed E-state index contributed by atoms with van der Waals surface area (Å²) in [4.78, 5) is 10.6. The number of aldehydes is 1. The fraction of sp³-hybridized carbons (Fsp3) is 0.154. The first kappa shape index (κ1) is 10.6. The Hall–Kier alpha value is -1.87. The van der Waals surface area contributed by atoms with Crippen LogP contribution >= 0.6 is 0 Å². The van der Waals surface area contributed by atoms with Crippen molar-refractivity contribution in [2.75, 3.05) is 7.11 Å². The maximum atomic E-state index is 10.6. The molecule has 0 radical (unpaired) electrons. The predicted molar refractivity (Wildman–Crippen MR) is 61.5 cm³/mol. The molecule has 0 aliphatic carbocycles. The summed E-state index contributed by atoms with van der Waals surface area (Å²) in [5.41, 5.74) is 0.603. The van der Waals surface area contributed by atoms with Crippen LogP contribution in [0.15, 0.2) is 36.4 Å². The van der Waals surface area contributed by atoms with Crippen LogP contribution in [0.4, 0.5) is 0 Å². The Balaban J connectivity index is 2.74. The van der Waals surface area contributed by atoms with Crippen molar-refractivity contribution in [3.8, 4) is 5.75 Å². The summed E-state index contributed by atoms with van der Waals surface area (Å²) >= 11 is 0. The van der Waals surface area contributed by atoms with Gasteiger partial charge in [-0.25, -0.2) is 0 Å². The molecule has 0 saturated carbocycles. The van der Waals surface area contributed by atoms with Crippen LogP contribution in [0.3, 0.4) is 0 Å². The first-order chi connectivity index (χ1) is 7.77. The first-order valence-electron chi connectivity index (χ1n) is 4.97. The van der Waals surface area contributed by atoms with Crippen LogP contribution in [0.2, 0.25) is 0 Å². The van der Waals surface area contributed by atoms with Gasteiger partial charge in [0, 0.05) is 5.39 Å². The molecule has 0 amide bonds. The number of methoxy groups -OCH3 is 1. The number of rotatable bonds is 3. The summed E-state index contributed by atoms with van der Waals surface area (Å²) in [6, 6.07) is 11.0. The summed E-state index contributed by atoms with van der Waals surface area (Å²) in [7, 11) is 1.59. The standard InChI is InChI=1S/C13H12O3/c1-16-13-7-6-10(12(15)8-14)9-4-2-3-5-11(9)13/h2-8,12,15H,1H3. The second-order valence-electron chi connectivity index (χ2n) is 3.48. The summed E-state index contributed by atoms with van der Waals surface area (Å²) in [5, 5.41) is 11.3. The van der Waals surface area contributed by atoms with E-state index in [1.54, 1.807) is 19.2 Å². The van der Waals surface area contributed by atoms with E-state index in [9.17, 15) is 9.90 Å². The number of aliphatic hydroxyl groups excluding tert-OH is 1. The topological polar surface area (TPSA) is 46.5 Å². The molecule has 0 fully saturated rings. The fourth-order valence-corrected chi connectivity index (χ4v) is 1.80. The van der Waals surface area contributed by atoms with Crippen LogP contribution in [0.1, 0.15) is 11.7 Å². The van der Waals surface area contributed by atoms with Crippen LogP contribution in [0.5, 0.6) is 5.75 Å². The van der Waals surface area contributed by atoms with Crippen molar-refractivity contribution in [3.05, 3.63) is 42.0 Å². The normalized spacial score (nSPS) is 12.4. The number of ether oxygens (including phenoxy) is 1. The van der Waals surface area contributed by atoms with E-state index >= 15 is 0 Å². The molecule has 0 saturated heterocycles. The summed E-state index contributed by atoms with van der Waals surface area (Å²) in [6.07, 6.45) is -0.565. The van der Waals surface area contributed by atoms with Crippen molar-refractivity contribution >= 4 is 17.1 Å². The van der Waals surface area contributed by atoms with Gasteiger partial charge in [0.05, 0.1) is 7.11 Å². The van der Waals surface area contributed by atoms with E-state index in [0.717, 1.165) is 16.5 Å². The van der Waals surface area contributed by atoms with Crippen LogP contribution in [-0.2, 0) is 4.79 Å². The lowest BCUT2D eigenvalue weighted by Crippen LogP contribution is -1.99. The first-order valence-corrected chi connectivity index (χ1v) is 4.97. The molecule has 0 aliphatic rings. The molecule has 1 atom stereocenters. The van der Waals surface area contributed by atoms with Crippen molar-refractivity contribution in [2.24, 2.45) is 0 Å². The number of hydrogen-bond donors (Lipinski definition) is 1. The zero-order valence-electron chi connectivity index (χ0n) is 8.88. The Morgan fingerprint density at radius 1 is 1.19 bits per heavy atom. The minimum absolute atomic E-state index is 0.522. The van der Waals surface area contributed by atoms with Gasteiger partial charge in [0.25, 0.3) is 0 Å². The number of fused-ring (bicyclic) bond motifs is 1. The van der Waals surface area contributed by atoms with E-state index in [4.69, 9.17) is 4.74 Å². The number of aliphatic hydroxyl groups is 1. The molecule has 0 spiro atoms. The Morgan fingerprint density at radius 3 is 2.50 bits per heavy atom. The average molecular weight is 216 g/mol. The third kappa shape index (κ3) is 1.66. The Morgan fingerprint density at radius 2 is 1.88 bits per heavy atom. The summed E-state index contributed by atoms with van der Waals surface area (Å²) in [5.74, 6) is 0.734. The number of carbonyl (C=O) groups is 1. The van der Waals surface area contributed by atoms with Gasteiger partial charge in [-0.3, -0.25) is 0 Å². The lowest BCUT2D eigenvalue weighted by molar-refractivity contribution is -0.115. The number of hydrogen-bond acceptors (Lipinski definition) is 3. The Kier molecular flexibility index (Phi) is 2.88. The van der Waals surface area contributed by atoms with Gasteiger partial charge in [-0.05, 0) is 17.0 Å². The maximum Gasteiger partial charge on any atom is 0.153 e. The highest BCUT2D eigenvalue weighted by molar-refractivity contribution is 5.92. The van der Waals surface area contributed by atoms with Gasteiger partial charge in [-0.1, -0.05) is 30.3 Å². The highest BCUT2D eigenvalue weighted by Gasteiger charge is 2.11. The van der Waals surface area contributed by atoms with Crippen molar-refractivity contribution in [1.82, 2.24) is 0 Å². The largest absolute Gasteiger partial charge is 0.496 e. The maximum absolute atomic E-state index is 10.6. The molecule has 0 aliphatic heterocycles. The molecule has 0 bridgehead atoms. The molecule has 2 rings (SSSR count). The van der Waals surface area contributed by atoms with Crippen LogP contribution in [0, 0.1) is 0 Å². The van der Waals surface area contributed by atoms with Crippen molar-refractivity contribution in [3.63, 3.8) is 0 Å². The van der Waals surface area contributed by atoms with Crippen LogP contribution in [0.25, 0.3) is 10.8 Å². The van der Waals surface area contributed by atoms with Gasteiger partial charge in [-0.15, -0.1) is 0 Å². The van der Waals surface area contributed by atoms with Crippen molar-refractivity contribution in [1.29, 1.82) is 0 Å². The predicted octanol–water partition coefficient (Wildman–Crippen LogP) is 2.08. The minimum atomic E-state index is -1.09. The average Bonchev–Trinajstić information content (AvgIpc) is 2.36. The van der Waals surface area contributed by atoms with Gasteiger partial charge < -0.3 is 14.6 Å². The van der Waals surface area contributed by atoms with Crippen LogP contribution < -0.4 is 4.74 Å². The third-order valence-electron chi connectivity index (χ3n) is 2.59. The third-order valence-corrected chi connectivity index (χ3v) is 2.59. The Labute approximate surface area is 93.3 Å². The zero-order valence-corrected chi connectivity index (χ0v) is 8.88. The molecule has 1 N–H and O–H groups in total. The lowest BCUT2D eigenvalue weighted by atomic mass is 10.0. The quantitative estimate of drug-likeness (QED) is 0.799. The van der Waals surface area contributed by atoms with E-state index in [0.29, 0.717) is 11.8 Å². The van der Waals surface area contributed by atoms with E-state index in [1.807, 2.05) is 24.3 Å². The van der Waals surface area contributed by atoms with Crippen LogP contribution in [-0.4, -0.2) is 18.5 Å². The zero-order chi connectivity index (χ0) is 11.5. The molecule has 16 heavy (non-hydrogen) atoms. The molecule has 1 unspecified atom stereocenters. The molecule has 0 heterocycles. The molecule has 2 aromatic carbocycles. The second kappa shape index (κ2) is 4.33. The van der Waals surface area contributed by atoms with E-state index < -0.39 is 6.10 Å². The van der Waals surface area contributed by atoms with E-state index in [1.165, 1.54) is 0 Å². The molecular weight excluding hydrogens is 204 g/mol.